The molecule has 4 heteroatoms. The number of halogens is 1. The van der Waals surface area contributed by atoms with E-state index in [1.165, 1.54) is 25.0 Å². The van der Waals surface area contributed by atoms with E-state index in [9.17, 15) is 9.50 Å². The molecular weight excluding hydrogens is 221 g/mol. The molecule has 17 heavy (non-hydrogen) atoms. The van der Waals surface area contributed by atoms with Crippen LogP contribution in [0.4, 0.5) is 4.39 Å². The van der Waals surface area contributed by atoms with Crippen molar-refractivity contribution in [3.05, 3.63) is 30.1 Å². The van der Waals surface area contributed by atoms with Crippen molar-refractivity contribution in [2.75, 3.05) is 19.7 Å². The molecule has 2 N–H and O–H groups in total. The maximum absolute atomic E-state index is 12.6. The molecule has 1 aromatic rings. The SMILES string of the molecule is OC(CNCC1CC1)COc1ccc(F)cc1. The smallest absolute Gasteiger partial charge is 0.123 e. The first-order valence-corrected chi connectivity index (χ1v) is 6.01. The van der Waals surface area contributed by atoms with E-state index in [2.05, 4.69) is 5.32 Å². The standard InChI is InChI=1S/C13H18FNO2/c14-11-3-5-13(6-4-11)17-9-12(16)8-15-7-10-1-2-10/h3-6,10,12,15-16H,1-2,7-9H2. The molecule has 2 rings (SSSR count). The fourth-order valence-electron chi connectivity index (χ4n) is 1.56. The van der Waals surface area contributed by atoms with E-state index in [1.54, 1.807) is 12.1 Å². The Kier molecular flexibility index (Phi) is 4.34. The third-order valence-corrected chi connectivity index (χ3v) is 2.77. The van der Waals surface area contributed by atoms with Gasteiger partial charge < -0.3 is 15.2 Å². The lowest BCUT2D eigenvalue weighted by molar-refractivity contribution is 0.106. The van der Waals surface area contributed by atoms with Crippen LogP contribution < -0.4 is 10.1 Å². The van der Waals surface area contributed by atoms with Gasteiger partial charge in [0.05, 0.1) is 0 Å². The summed E-state index contributed by atoms with van der Waals surface area (Å²) in [6.07, 6.45) is 2.07. The third-order valence-electron chi connectivity index (χ3n) is 2.77. The summed E-state index contributed by atoms with van der Waals surface area (Å²) >= 11 is 0. The average molecular weight is 239 g/mol. The highest BCUT2D eigenvalue weighted by molar-refractivity contribution is 5.22. The zero-order valence-corrected chi connectivity index (χ0v) is 9.73. The molecular formula is C13H18FNO2. The Hall–Kier alpha value is -1.13. The highest BCUT2D eigenvalue weighted by atomic mass is 19.1. The average Bonchev–Trinajstić information content (AvgIpc) is 3.12. The van der Waals surface area contributed by atoms with Gasteiger partial charge in [-0.25, -0.2) is 4.39 Å². The maximum Gasteiger partial charge on any atom is 0.123 e. The molecule has 0 aromatic heterocycles. The van der Waals surface area contributed by atoms with Crippen molar-refractivity contribution in [2.45, 2.75) is 18.9 Å². The summed E-state index contributed by atoms with van der Waals surface area (Å²) in [4.78, 5) is 0. The molecule has 1 aliphatic rings. The molecule has 1 fully saturated rings. The minimum absolute atomic E-state index is 0.225. The van der Waals surface area contributed by atoms with Crippen molar-refractivity contribution in [3.8, 4) is 5.75 Å². The summed E-state index contributed by atoms with van der Waals surface area (Å²) in [6.45, 7) is 1.74. The minimum Gasteiger partial charge on any atom is -0.491 e. The molecule has 3 nitrogen and oxygen atoms in total. The predicted molar refractivity (Wildman–Crippen MR) is 63.5 cm³/mol. The summed E-state index contributed by atoms with van der Waals surface area (Å²) in [7, 11) is 0. The first-order valence-electron chi connectivity index (χ1n) is 6.01. The van der Waals surface area contributed by atoms with Crippen LogP contribution in [0.2, 0.25) is 0 Å². The van der Waals surface area contributed by atoms with Gasteiger partial charge in [-0.3, -0.25) is 0 Å². The van der Waals surface area contributed by atoms with Crippen LogP contribution in [0.5, 0.6) is 5.75 Å². The zero-order valence-electron chi connectivity index (χ0n) is 9.73. The zero-order chi connectivity index (χ0) is 12.1. The highest BCUT2D eigenvalue weighted by Gasteiger charge is 2.20. The summed E-state index contributed by atoms with van der Waals surface area (Å²) in [5.41, 5.74) is 0. The van der Waals surface area contributed by atoms with Crippen LogP contribution in [0.15, 0.2) is 24.3 Å². The van der Waals surface area contributed by atoms with Gasteiger partial charge in [0.15, 0.2) is 0 Å². The maximum atomic E-state index is 12.6. The van der Waals surface area contributed by atoms with E-state index >= 15 is 0 Å². The second kappa shape index (κ2) is 5.98. The molecule has 1 saturated carbocycles. The van der Waals surface area contributed by atoms with Gasteiger partial charge in [-0.05, 0) is 49.6 Å². The molecule has 0 heterocycles. The second-order valence-corrected chi connectivity index (χ2v) is 4.52. The monoisotopic (exact) mass is 239 g/mol. The fourth-order valence-corrected chi connectivity index (χ4v) is 1.56. The number of ether oxygens (including phenoxy) is 1. The van der Waals surface area contributed by atoms with Crippen molar-refractivity contribution in [2.24, 2.45) is 5.92 Å². The molecule has 94 valence electrons. The molecule has 0 amide bonds. The van der Waals surface area contributed by atoms with E-state index in [4.69, 9.17) is 4.74 Å². The van der Waals surface area contributed by atoms with Crippen molar-refractivity contribution < 1.29 is 14.2 Å². The summed E-state index contributed by atoms with van der Waals surface area (Å²) in [5, 5.41) is 12.8. The molecule has 1 atom stereocenters. The van der Waals surface area contributed by atoms with Crippen molar-refractivity contribution in [1.82, 2.24) is 5.32 Å². The Labute approximate surface area is 101 Å². The first kappa shape index (κ1) is 12.3. The number of benzene rings is 1. The second-order valence-electron chi connectivity index (χ2n) is 4.52. The number of aliphatic hydroxyl groups excluding tert-OH is 1. The Morgan fingerprint density at radius 2 is 2.06 bits per heavy atom. The molecule has 1 aromatic carbocycles. The lowest BCUT2D eigenvalue weighted by atomic mass is 10.3. The van der Waals surface area contributed by atoms with Gasteiger partial charge in [-0.1, -0.05) is 0 Å². The van der Waals surface area contributed by atoms with Gasteiger partial charge in [0.1, 0.15) is 24.3 Å². The van der Waals surface area contributed by atoms with Gasteiger partial charge in [0.2, 0.25) is 0 Å². The van der Waals surface area contributed by atoms with Crippen LogP contribution in [0.25, 0.3) is 0 Å². The Morgan fingerprint density at radius 3 is 2.71 bits per heavy atom. The molecule has 0 radical (unpaired) electrons. The predicted octanol–water partition coefficient (Wildman–Crippen LogP) is 1.56. The Morgan fingerprint density at radius 1 is 1.35 bits per heavy atom. The molecule has 1 unspecified atom stereocenters. The van der Waals surface area contributed by atoms with Crippen molar-refractivity contribution in [1.29, 1.82) is 0 Å². The van der Waals surface area contributed by atoms with Gasteiger partial charge in [-0.2, -0.15) is 0 Å². The number of rotatable bonds is 7. The minimum atomic E-state index is -0.529. The molecule has 1 aliphatic carbocycles. The van der Waals surface area contributed by atoms with Crippen LogP contribution in [-0.4, -0.2) is 30.9 Å². The molecule has 0 saturated heterocycles. The van der Waals surface area contributed by atoms with E-state index in [0.29, 0.717) is 12.3 Å². The topological polar surface area (TPSA) is 41.5 Å². The summed E-state index contributed by atoms with van der Waals surface area (Å²) < 4.78 is 18.0. The molecule has 0 spiro atoms. The van der Waals surface area contributed by atoms with E-state index < -0.39 is 6.10 Å². The van der Waals surface area contributed by atoms with Crippen LogP contribution in [-0.2, 0) is 0 Å². The van der Waals surface area contributed by atoms with Crippen LogP contribution in [0.1, 0.15) is 12.8 Å². The fraction of sp³-hybridized carbons (Fsp3) is 0.538. The van der Waals surface area contributed by atoms with Crippen LogP contribution in [0.3, 0.4) is 0 Å². The van der Waals surface area contributed by atoms with Gasteiger partial charge in [0.25, 0.3) is 0 Å². The van der Waals surface area contributed by atoms with Crippen LogP contribution >= 0.6 is 0 Å². The van der Waals surface area contributed by atoms with Crippen molar-refractivity contribution in [3.63, 3.8) is 0 Å². The number of aliphatic hydroxyl groups is 1. The molecule has 0 aliphatic heterocycles. The number of nitrogens with one attached hydrogen (secondary N) is 1. The van der Waals surface area contributed by atoms with Gasteiger partial charge in [-0.15, -0.1) is 0 Å². The van der Waals surface area contributed by atoms with E-state index in [-0.39, 0.29) is 12.4 Å². The normalized spacial score (nSPS) is 16.8. The Bertz CT molecular complexity index is 338. The van der Waals surface area contributed by atoms with Crippen LogP contribution in [0, 0.1) is 11.7 Å². The van der Waals surface area contributed by atoms with Gasteiger partial charge >= 0.3 is 0 Å². The summed E-state index contributed by atoms with van der Waals surface area (Å²) in [5.74, 6) is 1.09. The number of hydrogen-bond donors (Lipinski definition) is 2. The van der Waals surface area contributed by atoms with Gasteiger partial charge in [0, 0.05) is 6.54 Å². The largest absolute Gasteiger partial charge is 0.491 e. The van der Waals surface area contributed by atoms with E-state index in [0.717, 1.165) is 12.5 Å². The highest BCUT2D eigenvalue weighted by Crippen LogP contribution is 2.27. The third kappa shape index (κ3) is 4.71. The van der Waals surface area contributed by atoms with E-state index in [1.807, 2.05) is 0 Å². The quantitative estimate of drug-likeness (QED) is 0.759. The lowest BCUT2D eigenvalue weighted by Crippen LogP contribution is -2.32. The lowest BCUT2D eigenvalue weighted by Gasteiger charge is -2.13. The first-order chi connectivity index (χ1) is 8.24. The van der Waals surface area contributed by atoms with Crippen molar-refractivity contribution >= 4 is 0 Å². The summed E-state index contributed by atoms with van der Waals surface area (Å²) in [6, 6.07) is 5.79. The molecule has 0 bridgehead atoms. The Balaban J connectivity index is 1.60. The number of hydrogen-bond acceptors (Lipinski definition) is 3.